The Morgan fingerprint density at radius 1 is 0.500 bits per heavy atom. The predicted octanol–water partition coefficient (Wildman–Crippen LogP) is 13.2. The van der Waals surface area contributed by atoms with E-state index in [4.69, 9.17) is 4.98 Å². The maximum absolute atomic E-state index is 5.16. The van der Waals surface area contributed by atoms with Crippen molar-refractivity contribution < 1.29 is 0 Å². The highest BCUT2D eigenvalue weighted by atomic mass is 15.1. The van der Waals surface area contributed by atoms with Gasteiger partial charge in [-0.2, -0.15) is 0 Å². The molecular weight excluding hydrogens is 605 g/mol. The molecule has 2 nitrogen and oxygen atoms in total. The maximum atomic E-state index is 5.16. The normalized spacial score (nSPS) is 11.8. The van der Waals surface area contributed by atoms with Gasteiger partial charge in [-0.25, -0.2) is 4.98 Å². The van der Waals surface area contributed by atoms with Crippen LogP contribution in [-0.4, -0.2) is 9.55 Å². The summed E-state index contributed by atoms with van der Waals surface area (Å²) in [7, 11) is 0. The third-order valence-corrected chi connectivity index (χ3v) is 9.98. The molecule has 9 rings (SSSR count). The van der Waals surface area contributed by atoms with E-state index in [1.165, 1.54) is 65.3 Å². The molecule has 2 heteroatoms. The summed E-state index contributed by atoms with van der Waals surface area (Å²) in [5, 5.41) is 9.91. The van der Waals surface area contributed by atoms with Crippen LogP contribution >= 0.6 is 0 Å². The second-order valence-electron chi connectivity index (χ2n) is 13.1. The largest absolute Gasteiger partial charge is 0.293 e. The molecule has 50 heavy (non-hydrogen) atoms. The van der Waals surface area contributed by atoms with Gasteiger partial charge >= 0.3 is 0 Å². The van der Waals surface area contributed by atoms with Gasteiger partial charge in [0.2, 0.25) is 0 Å². The third-order valence-electron chi connectivity index (χ3n) is 9.98. The molecule has 1 heterocycles. The van der Waals surface area contributed by atoms with Gasteiger partial charge in [-0.15, -0.1) is 0 Å². The van der Waals surface area contributed by atoms with Gasteiger partial charge in [-0.05, 0) is 109 Å². The predicted molar refractivity (Wildman–Crippen MR) is 214 cm³/mol. The van der Waals surface area contributed by atoms with Crippen LogP contribution in [0, 0.1) is 6.92 Å². The Balaban J connectivity index is 1.41. The van der Waals surface area contributed by atoms with Crippen LogP contribution < -0.4 is 0 Å². The first-order valence-electron chi connectivity index (χ1n) is 17.5. The average Bonchev–Trinajstić information content (AvgIpc) is 3.51. The monoisotopic (exact) mass is 640 g/mol. The summed E-state index contributed by atoms with van der Waals surface area (Å²) in [5.41, 5.74) is 9.24. The van der Waals surface area contributed by atoms with Crippen LogP contribution in [-0.2, 0) is 0 Å². The molecule has 0 aliphatic rings. The van der Waals surface area contributed by atoms with Crippen LogP contribution in [0.15, 0.2) is 164 Å². The number of aromatic nitrogens is 2. The molecule has 0 unspecified atom stereocenters. The molecule has 0 N–H and O–H groups in total. The number of imidazole rings is 1. The summed E-state index contributed by atoms with van der Waals surface area (Å²) in [6, 6.07) is 57.5. The number of allylic oxidation sites excluding steroid dienone is 1. The summed E-state index contributed by atoms with van der Waals surface area (Å²) < 4.78 is 2.34. The average molecular weight is 641 g/mol. The zero-order chi connectivity index (χ0) is 33.6. The van der Waals surface area contributed by atoms with Gasteiger partial charge in [0.1, 0.15) is 5.82 Å². The second-order valence-corrected chi connectivity index (χ2v) is 13.1. The molecule has 0 aliphatic heterocycles. The highest BCUT2D eigenvalue weighted by Gasteiger charge is 2.21. The number of fused-ring (bicyclic) bond motifs is 4. The van der Waals surface area contributed by atoms with E-state index in [1.54, 1.807) is 0 Å². The van der Waals surface area contributed by atoms with Gasteiger partial charge < -0.3 is 0 Å². The highest BCUT2D eigenvalue weighted by Crippen LogP contribution is 2.45. The Kier molecular flexibility index (Phi) is 7.36. The van der Waals surface area contributed by atoms with E-state index in [2.05, 4.69) is 188 Å². The van der Waals surface area contributed by atoms with Crippen LogP contribution in [0.4, 0.5) is 0 Å². The molecule has 0 amide bonds. The van der Waals surface area contributed by atoms with Crippen LogP contribution in [0.1, 0.15) is 24.7 Å². The summed E-state index contributed by atoms with van der Waals surface area (Å²) in [6.45, 7) is 4.29. The van der Waals surface area contributed by atoms with Crippen LogP contribution in [0.25, 0.3) is 88.5 Å². The molecule has 0 fully saturated rings. The van der Waals surface area contributed by atoms with Crippen molar-refractivity contribution in [2.24, 2.45) is 0 Å². The van der Waals surface area contributed by atoms with Crippen molar-refractivity contribution in [3.63, 3.8) is 0 Å². The SMILES string of the molecule is CC/C=C\c1c(C)nc(-c2ccccc2)n1-c1ccc2c(-c3ccc4ccccc4c3)c3ccccc3c(-c3ccc4ccccc4c3)c2c1. The summed E-state index contributed by atoms with van der Waals surface area (Å²) in [5.74, 6) is 0.945. The molecule has 0 saturated carbocycles. The molecule has 1 aromatic heterocycles. The zero-order valence-corrected chi connectivity index (χ0v) is 28.3. The molecule has 0 spiro atoms. The topological polar surface area (TPSA) is 17.8 Å². The lowest BCUT2D eigenvalue weighted by Gasteiger charge is -2.20. The lowest BCUT2D eigenvalue weighted by Crippen LogP contribution is -2.01. The zero-order valence-electron chi connectivity index (χ0n) is 28.3. The van der Waals surface area contributed by atoms with E-state index in [9.17, 15) is 0 Å². The number of nitrogens with zero attached hydrogens (tertiary/aromatic N) is 2. The van der Waals surface area contributed by atoms with Crippen molar-refractivity contribution in [2.75, 3.05) is 0 Å². The number of aryl methyl sites for hydroxylation is 1. The standard InChI is InChI=1S/C48H36N2/c1-3-4-22-45-32(2)49-48(35-16-6-5-7-17-35)50(45)40-27-28-43-44(31-40)47(39-26-24-34-15-9-11-19-37(34)30-39)42-21-13-12-20-41(42)46(43)38-25-23-33-14-8-10-18-36(33)29-38/h4-31H,3H2,1-2H3/b22-4-. The Hall–Kier alpha value is -6.25. The minimum atomic E-state index is 0.945. The van der Waals surface area contributed by atoms with Gasteiger partial charge in [-0.3, -0.25) is 4.57 Å². The summed E-state index contributed by atoms with van der Waals surface area (Å²) in [6.07, 6.45) is 5.41. The van der Waals surface area contributed by atoms with E-state index < -0.39 is 0 Å². The maximum Gasteiger partial charge on any atom is 0.145 e. The van der Waals surface area contributed by atoms with E-state index in [-0.39, 0.29) is 0 Å². The number of benzene rings is 8. The van der Waals surface area contributed by atoms with Gasteiger partial charge in [-0.1, -0.05) is 146 Å². The fourth-order valence-electron chi connectivity index (χ4n) is 7.63. The molecule has 0 aliphatic carbocycles. The fraction of sp³-hybridized carbons (Fsp3) is 0.0625. The van der Waals surface area contributed by atoms with Crippen LogP contribution in [0.3, 0.4) is 0 Å². The van der Waals surface area contributed by atoms with Gasteiger partial charge in [0.15, 0.2) is 0 Å². The molecule has 238 valence electrons. The van der Waals surface area contributed by atoms with Crippen molar-refractivity contribution in [2.45, 2.75) is 20.3 Å². The van der Waals surface area contributed by atoms with Crippen LogP contribution in [0.2, 0.25) is 0 Å². The van der Waals surface area contributed by atoms with Crippen molar-refractivity contribution in [3.05, 3.63) is 175 Å². The number of rotatable bonds is 6. The van der Waals surface area contributed by atoms with Crippen molar-refractivity contribution >= 4 is 49.2 Å². The smallest absolute Gasteiger partial charge is 0.145 e. The molecular formula is C48H36N2. The Morgan fingerprint density at radius 3 is 1.66 bits per heavy atom. The molecule has 9 aromatic rings. The van der Waals surface area contributed by atoms with E-state index in [1.807, 2.05) is 0 Å². The van der Waals surface area contributed by atoms with E-state index >= 15 is 0 Å². The minimum Gasteiger partial charge on any atom is -0.293 e. The van der Waals surface area contributed by atoms with Crippen molar-refractivity contribution in [3.8, 4) is 39.3 Å². The number of hydrogen-bond donors (Lipinski definition) is 0. The first-order chi connectivity index (χ1) is 24.7. The van der Waals surface area contributed by atoms with Crippen molar-refractivity contribution in [1.82, 2.24) is 9.55 Å². The Bertz CT molecular complexity index is 2750. The quantitative estimate of drug-likeness (QED) is 0.165. The Labute approximate surface area is 292 Å². The van der Waals surface area contributed by atoms with Gasteiger partial charge in [0, 0.05) is 11.3 Å². The molecule has 0 atom stereocenters. The molecule has 0 bridgehead atoms. The summed E-state index contributed by atoms with van der Waals surface area (Å²) >= 11 is 0. The molecule has 8 aromatic carbocycles. The van der Waals surface area contributed by atoms with Crippen LogP contribution in [0.5, 0.6) is 0 Å². The summed E-state index contributed by atoms with van der Waals surface area (Å²) in [4.78, 5) is 5.16. The third kappa shape index (κ3) is 5.00. The first-order valence-corrected chi connectivity index (χ1v) is 17.5. The van der Waals surface area contributed by atoms with E-state index in [0.717, 1.165) is 34.9 Å². The highest BCUT2D eigenvalue weighted by molar-refractivity contribution is 6.22. The minimum absolute atomic E-state index is 0.945. The first kappa shape index (κ1) is 29.9. The van der Waals surface area contributed by atoms with E-state index in [0.29, 0.717) is 0 Å². The van der Waals surface area contributed by atoms with Gasteiger partial charge in [0.05, 0.1) is 11.4 Å². The molecule has 0 radical (unpaired) electrons. The lowest BCUT2D eigenvalue weighted by molar-refractivity contribution is 1.05. The van der Waals surface area contributed by atoms with Gasteiger partial charge in [0.25, 0.3) is 0 Å². The Morgan fingerprint density at radius 2 is 1.04 bits per heavy atom. The lowest BCUT2D eigenvalue weighted by atomic mass is 9.85. The van der Waals surface area contributed by atoms with Crippen molar-refractivity contribution in [1.29, 1.82) is 0 Å². The second kappa shape index (κ2) is 12.3. The fourth-order valence-corrected chi connectivity index (χ4v) is 7.63. The number of hydrogen-bond acceptors (Lipinski definition) is 1. The molecule has 0 saturated heterocycles.